The zero-order chi connectivity index (χ0) is 24.1. The number of nitrogens with zero attached hydrogens (tertiary/aromatic N) is 5. The Kier molecular flexibility index (Phi) is 7.08. The summed E-state index contributed by atoms with van der Waals surface area (Å²) in [5.41, 5.74) is 4.07. The van der Waals surface area contributed by atoms with Gasteiger partial charge in [-0.25, -0.2) is 0 Å². The molecule has 8 nitrogen and oxygen atoms in total. The molecule has 8 heteroatoms. The van der Waals surface area contributed by atoms with Gasteiger partial charge in [-0.3, -0.25) is 4.90 Å². The first-order valence-electron chi connectivity index (χ1n) is 11.0. The first-order valence-corrected chi connectivity index (χ1v) is 11.0. The first-order chi connectivity index (χ1) is 16.6. The number of para-hydroxylation sites is 1. The molecule has 0 saturated carbocycles. The van der Waals surface area contributed by atoms with E-state index in [-0.39, 0.29) is 6.04 Å². The molecular formula is C26H29N5O3. The summed E-state index contributed by atoms with van der Waals surface area (Å²) >= 11 is 0. The Labute approximate surface area is 199 Å². The van der Waals surface area contributed by atoms with Crippen molar-refractivity contribution in [3.8, 4) is 22.9 Å². The first kappa shape index (κ1) is 23.3. The Balaban J connectivity index is 1.78. The number of rotatable bonds is 9. The lowest BCUT2D eigenvalue weighted by molar-refractivity contribution is 0.251. The summed E-state index contributed by atoms with van der Waals surface area (Å²) in [6.07, 6.45) is 0. The molecular weight excluding hydrogens is 430 g/mol. The monoisotopic (exact) mass is 459 g/mol. The van der Waals surface area contributed by atoms with E-state index in [1.54, 1.807) is 21.3 Å². The van der Waals surface area contributed by atoms with Gasteiger partial charge in [0.1, 0.15) is 0 Å². The second kappa shape index (κ2) is 10.4. The number of ether oxygens (including phenoxy) is 3. The maximum absolute atomic E-state index is 5.72. The maximum atomic E-state index is 5.72. The second-order valence-electron chi connectivity index (χ2n) is 7.96. The number of tetrazole rings is 1. The van der Waals surface area contributed by atoms with E-state index in [0.717, 1.165) is 28.2 Å². The number of benzene rings is 3. The third kappa shape index (κ3) is 4.45. The molecule has 0 fully saturated rings. The lowest BCUT2D eigenvalue weighted by atomic mass is 10.0. The van der Waals surface area contributed by atoms with Crippen LogP contribution in [0.25, 0.3) is 5.69 Å². The Bertz CT molecular complexity index is 1240. The van der Waals surface area contributed by atoms with Crippen molar-refractivity contribution in [2.45, 2.75) is 19.5 Å². The van der Waals surface area contributed by atoms with Gasteiger partial charge in [-0.15, -0.1) is 5.10 Å². The zero-order valence-electron chi connectivity index (χ0n) is 20.1. The summed E-state index contributed by atoms with van der Waals surface area (Å²) in [7, 11) is 6.90. The highest BCUT2D eigenvalue weighted by atomic mass is 16.5. The van der Waals surface area contributed by atoms with Crippen molar-refractivity contribution in [2.24, 2.45) is 0 Å². The largest absolute Gasteiger partial charge is 0.493 e. The molecule has 4 aromatic rings. The minimum atomic E-state index is -0.214. The van der Waals surface area contributed by atoms with E-state index in [1.807, 2.05) is 60.3 Å². The van der Waals surface area contributed by atoms with Gasteiger partial charge in [0.2, 0.25) is 5.75 Å². The van der Waals surface area contributed by atoms with Crippen LogP contribution in [0.1, 0.15) is 28.6 Å². The standard InChI is InChI=1S/C26H29N5O3/c1-18-11-9-10-14-21(18)31-26(27-28-29-31)23(19-12-7-6-8-13-19)30(2)17-20-15-16-22(32-3)25(34-5)24(20)33-4/h6-16,23H,17H2,1-5H3/t23-/m1/s1. The van der Waals surface area contributed by atoms with Crippen LogP contribution in [0.5, 0.6) is 17.2 Å². The minimum absolute atomic E-state index is 0.214. The summed E-state index contributed by atoms with van der Waals surface area (Å²) in [4.78, 5) is 2.19. The van der Waals surface area contributed by atoms with Gasteiger partial charge in [0, 0.05) is 12.1 Å². The summed E-state index contributed by atoms with van der Waals surface area (Å²) in [5, 5.41) is 12.8. The van der Waals surface area contributed by atoms with E-state index < -0.39 is 0 Å². The molecule has 0 aliphatic rings. The number of hydrogen-bond acceptors (Lipinski definition) is 7. The molecule has 0 saturated heterocycles. The highest BCUT2D eigenvalue weighted by Gasteiger charge is 2.28. The van der Waals surface area contributed by atoms with E-state index in [2.05, 4.69) is 45.5 Å². The molecule has 34 heavy (non-hydrogen) atoms. The number of hydrogen-bond donors (Lipinski definition) is 0. The average Bonchev–Trinajstić information content (AvgIpc) is 3.33. The van der Waals surface area contributed by atoms with Crippen molar-refractivity contribution in [1.29, 1.82) is 0 Å². The number of aryl methyl sites for hydroxylation is 1. The molecule has 4 rings (SSSR count). The number of methoxy groups -OCH3 is 3. The van der Waals surface area contributed by atoms with Crippen molar-refractivity contribution < 1.29 is 14.2 Å². The van der Waals surface area contributed by atoms with Crippen LogP contribution in [0.3, 0.4) is 0 Å². The summed E-state index contributed by atoms with van der Waals surface area (Å²) in [6, 6.07) is 22.0. The molecule has 0 aliphatic heterocycles. The fourth-order valence-electron chi connectivity index (χ4n) is 4.22. The molecule has 1 heterocycles. The molecule has 0 aliphatic carbocycles. The molecule has 0 N–H and O–H groups in total. The number of aromatic nitrogens is 4. The van der Waals surface area contributed by atoms with Crippen molar-refractivity contribution in [1.82, 2.24) is 25.1 Å². The van der Waals surface area contributed by atoms with Crippen LogP contribution in [0.15, 0.2) is 66.7 Å². The summed E-state index contributed by atoms with van der Waals surface area (Å²) < 4.78 is 18.6. The van der Waals surface area contributed by atoms with E-state index >= 15 is 0 Å². The van der Waals surface area contributed by atoms with E-state index in [0.29, 0.717) is 23.8 Å². The van der Waals surface area contributed by atoms with Crippen LogP contribution >= 0.6 is 0 Å². The normalized spacial score (nSPS) is 11.9. The Morgan fingerprint density at radius 2 is 1.56 bits per heavy atom. The third-order valence-corrected chi connectivity index (χ3v) is 5.84. The third-order valence-electron chi connectivity index (χ3n) is 5.84. The van der Waals surface area contributed by atoms with Gasteiger partial charge in [-0.05, 0) is 47.7 Å². The highest BCUT2D eigenvalue weighted by Crippen LogP contribution is 2.41. The van der Waals surface area contributed by atoms with Crippen LogP contribution in [-0.2, 0) is 6.54 Å². The van der Waals surface area contributed by atoms with Crippen LogP contribution < -0.4 is 14.2 Å². The SMILES string of the molecule is COc1ccc(CN(C)[C@H](c2ccccc2)c2nnnn2-c2ccccc2C)c(OC)c1OC. The molecule has 0 unspecified atom stereocenters. The molecule has 3 aromatic carbocycles. The Hall–Kier alpha value is -3.91. The van der Waals surface area contributed by atoms with Crippen molar-refractivity contribution in [2.75, 3.05) is 28.4 Å². The van der Waals surface area contributed by atoms with Crippen LogP contribution in [0, 0.1) is 6.92 Å². The fourth-order valence-corrected chi connectivity index (χ4v) is 4.22. The van der Waals surface area contributed by atoms with Crippen molar-refractivity contribution in [3.05, 3.63) is 89.2 Å². The Morgan fingerprint density at radius 1 is 0.853 bits per heavy atom. The minimum Gasteiger partial charge on any atom is -0.493 e. The van der Waals surface area contributed by atoms with E-state index in [1.165, 1.54) is 0 Å². The van der Waals surface area contributed by atoms with Crippen molar-refractivity contribution in [3.63, 3.8) is 0 Å². The van der Waals surface area contributed by atoms with Gasteiger partial charge in [-0.1, -0.05) is 54.6 Å². The lowest BCUT2D eigenvalue weighted by Crippen LogP contribution is -2.28. The van der Waals surface area contributed by atoms with E-state index in [4.69, 9.17) is 14.2 Å². The molecule has 0 amide bonds. The molecule has 0 spiro atoms. The Morgan fingerprint density at radius 3 is 2.24 bits per heavy atom. The van der Waals surface area contributed by atoms with Gasteiger partial charge < -0.3 is 14.2 Å². The van der Waals surface area contributed by atoms with Gasteiger partial charge in [0.05, 0.1) is 33.1 Å². The molecule has 1 aromatic heterocycles. The molecule has 0 radical (unpaired) electrons. The predicted molar refractivity (Wildman–Crippen MR) is 130 cm³/mol. The fraction of sp³-hybridized carbons (Fsp3) is 0.269. The van der Waals surface area contributed by atoms with Gasteiger partial charge in [0.25, 0.3) is 0 Å². The smallest absolute Gasteiger partial charge is 0.203 e. The van der Waals surface area contributed by atoms with Crippen LogP contribution in [0.4, 0.5) is 0 Å². The van der Waals surface area contributed by atoms with Crippen LogP contribution in [-0.4, -0.2) is 53.5 Å². The predicted octanol–water partition coefficient (Wildman–Crippen LogP) is 4.22. The van der Waals surface area contributed by atoms with Gasteiger partial charge >= 0.3 is 0 Å². The summed E-state index contributed by atoms with van der Waals surface area (Å²) in [6.45, 7) is 2.61. The molecule has 176 valence electrons. The second-order valence-corrected chi connectivity index (χ2v) is 7.96. The highest BCUT2D eigenvalue weighted by molar-refractivity contribution is 5.55. The summed E-state index contributed by atoms with van der Waals surface area (Å²) in [5.74, 6) is 2.55. The molecule has 1 atom stereocenters. The van der Waals surface area contributed by atoms with E-state index in [9.17, 15) is 0 Å². The average molecular weight is 460 g/mol. The topological polar surface area (TPSA) is 74.5 Å². The lowest BCUT2D eigenvalue weighted by Gasteiger charge is -2.28. The van der Waals surface area contributed by atoms with Crippen LogP contribution in [0.2, 0.25) is 0 Å². The van der Waals surface area contributed by atoms with Gasteiger partial charge in [-0.2, -0.15) is 4.68 Å². The van der Waals surface area contributed by atoms with Gasteiger partial charge in [0.15, 0.2) is 17.3 Å². The zero-order valence-corrected chi connectivity index (χ0v) is 20.1. The maximum Gasteiger partial charge on any atom is 0.203 e. The van der Waals surface area contributed by atoms with Crippen molar-refractivity contribution >= 4 is 0 Å². The molecule has 0 bridgehead atoms. The quantitative estimate of drug-likeness (QED) is 0.371.